The molecule has 0 unspecified atom stereocenters. The van der Waals surface area contributed by atoms with Gasteiger partial charge in [0.1, 0.15) is 0 Å². The van der Waals surface area contributed by atoms with Crippen molar-refractivity contribution < 1.29 is 13.2 Å². The summed E-state index contributed by atoms with van der Waals surface area (Å²) in [6, 6.07) is 10.4. The largest absolute Gasteiger partial charge is 0.321 e. The maximum atomic E-state index is 13.0. The van der Waals surface area contributed by atoms with E-state index in [2.05, 4.69) is 20.1 Å². The average Bonchev–Trinajstić information content (AvgIpc) is 3.34. The van der Waals surface area contributed by atoms with Crippen molar-refractivity contribution in [2.75, 3.05) is 5.32 Å². The van der Waals surface area contributed by atoms with Gasteiger partial charge in [0.2, 0.25) is 15.2 Å². The van der Waals surface area contributed by atoms with E-state index in [0.29, 0.717) is 24.1 Å². The van der Waals surface area contributed by atoms with E-state index < -0.39 is 15.9 Å². The summed E-state index contributed by atoms with van der Waals surface area (Å²) in [5.41, 5.74) is 2.32. The van der Waals surface area contributed by atoms with Crippen molar-refractivity contribution in [3.8, 4) is 5.13 Å². The predicted octanol–water partition coefficient (Wildman–Crippen LogP) is 3.97. The lowest BCUT2D eigenvalue weighted by Gasteiger charge is -2.11. The first-order valence-electron chi connectivity index (χ1n) is 9.87. The van der Waals surface area contributed by atoms with E-state index >= 15 is 0 Å². The first kappa shape index (κ1) is 21.1. The number of anilines is 1. The molecular formula is C21H18ClN5O3S2. The smallest absolute Gasteiger partial charge is 0.257 e. The van der Waals surface area contributed by atoms with Gasteiger partial charge in [0.25, 0.3) is 5.91 Å². The molecule has 2 N–H and O–H groups in total. The first-order chi connectivity index (χ1) is 15.4. The molecule has 1 amide bonds. The highest BCUT2D eigenvalue weighted by Crippen LogP contribution is 2.29. The van der Waals surface area contributed by atoms with Crippen LogP contribution in [0.3, 0.4) is 0 Å². The molecule has 8 nitrogen and oxygen atoms in total. The quantitative estimate of drug-likeness (QED) is 0.410. The molecule has 4 aromatic rings. The van der Waals surface area contributed by atoms with Crippen LogP contribution in [0.4, 0.5) is 5.69 Å². The summed E-state index contributed by atoms with van der Waals surface area (Å²) in [7, 11) is -3.31. The van der Waals surface area contributed by atoms with E-state index in [1.165, 1.54) is 11.3 Å². The zero-order chi connectivity index (χ0) is 22.3. The Labute approximate surface area is 193 Å². The molecule has 5 rings (SSSR count). The molecule has 0 aliphatic heterocycles. The number of hydrogen-bond acceptors (Lipinski definition) is 6. The molecule has 1 aliphatic carbocycles. The monoisotopic (exact) mass is 487 g/mol. The molecule has 1 aliphatic rings. The van der Waals surface area contributed by atoms with Crippen molar-refractivity contribution in [3.63, 3.8) is 0 Å². The van der Waals surface area contributed by atoms with E-state index in [1.54, 1.807) is 41.3 Å². The van der Waals surface area contributed by atoms with Crippen molar-refractivity contribution in [3.05, 3.63) is 70.3 Å². The van der Waals surface area contributed by atoms with Gasteiger partial charge in [-0.2, -0.15) is 5.10 Å². The van der Waals surface area contributed by atoms with Gasteiger partial charge >= 0.3 is 0 Å². The molecule has 2 heterocycles. The first-order valence-corrected chi connectivity index (χ1v) is 12.7. The summed E-state index contributed by atoms with van der Waals surface area (Å²) < 4.78 is 28.5. The van der Waals surface area contributed by atoms with Crippen LogP contribution in [-0.2, 0) is 16.6 Å². The van der Waals surface area contributed by atoms with Crippen molar-refractivity contribution in [2.24, 2.45) is 0 Å². The highest BCUT2D eigenvalue weighted by molar-refractivity contribution is 7.90. The fourth-order valence-electron chi connectivity index (χ4n) is 3.36. The van der Waals surface area contributed by atoms with Crippen molar-refractivity contribution in [2.45, 2.75) is 24.6 Å². The number of nitrogens with one attached hydrogen (secondary N) is 2. The maximum Gasteiger partial charge on any atom is 0.257 e. The van der Waals surface area contributed by atoms with E-state index in [-0.39, 0.29) is 22.4 Å². The SMILES string of the molecule is O=C(Nc1cccc2c1cnn2-c1nccs1)c1cc(CNS(=O)(=O)C2CC2)ccc1Cl. The van der Waals surface area contributed by atoms with E-state index in [1.807, 2.05) is 17.5 Å². The van der Waals surface area contributed by atoms with Crippen LogP contribution in [-0.4, -0.2) is 34.3 Å². The van der Waals surface area contributed by atoms with Crippen LogP contribution in [0.2, 0.25) is 5.02 Å². The number of nitrogens with zero attached hydrogens (tertiary/aromatic N) is 3. The van der Waals surface area contributed by atoms with Crippen molar-refractivity contribution >= 4 is 55.5 Å². The van der Waals surface area contributed by atoms with Gasteiger partial charge < -0.3 is 5.32 Å². The van der Waals surface area contributed by atoms with Crippen LogP contribution < -0.4 is 10.0 Å². The Morgan fingerprint density at radius 3 is 2.84 bits per heavy atom. The lowest BCUT2D eigenvalue weighted by Crippen LogP contribution is -2.26. The Balaban J connectivity index is 1.38. The van der Waals surface area contributed by atoms with Crippen LogP contribution >= 0.6 is 22.9 Å². The Morgan fingerprint density at radius 1 is 1.25 bits per heavy atom. The second-order valence-electron chi connectivity index (χ2n) is 7.44. The Morgan fingerprint density at radius 2 is 2.09 bits per heavy atom. The fourth-order valence-corrected chi connectivity index (χ4v) is 5.53. The minimum Gasteiger partial charge on any atom is -0.321 e. The van der Waals surface area contributed by atoms with Crippen LogP contribution in [0.15, 0.2) is 54.2 Å². The van der Waals surface area contributed by atoms with Gasteiger partial charge in [-0.1, -0.05) is 23.7 Å². The van der Waals surface area contributed by atoms with E-state index in [4.69, 9.17) is 11.6 Å². The van der Waals surface area contributed by atoms with Crippen LogP contribution in [0.5, 0.6) is 0 Å². The lowest BCUT2D eigenvalue weighted by molar-refractivity contribution is 0.102. The molecule has 0 bridgehead atoms. The van der Waals surface area contributed by atoms with Gasteiger partial charge in [-0.05, 0) is 42.7 Å². The molecule has 0 atom stereocenters. The summed E-state index contributed by atoms with van der Waals surface area (Å²) >= 11 is 7.74. The highest BCUT2D eigenvalue weighted by Gasteiger charge is 2.35. The number of hydrogen-bond donors (Lipinski definition) is 2. The molecular weight excluding hydrogens is 470 g/mol. The molecule has 0 radical (unpaired) electrons. The summed E-state index contributed by atoms with van der Waals surface area (Å²) in [6.45, 7) is 0.104. The van der Waals surface area contributed by atoms with Gasteiger partial charge in [0.05, 0.1) is 33.2 Å². The molecule has 2 aromatic heterocycles. The topological polar surface area (TPSA) is 106 Å². The van der Waals surface area contributed by atoms with Crippen LogP contribution in [0, 0.1) is 0 Å². The minimum absolute atomic E-state index is 0.104. The normalized spacial score (nSPS) is 14.0. The Kier molecular flexibility index (Phi) is 5.46. The van der Waals surface area contributed by atoms with E-state index in [0.717, 1.165) is 16.0 Å². The molecule has 0 spiro atoms. The number of benzene rings is 2. The molecule has 32 heavy (non-hydrogen) atoms. The minimum atomic E-state index is -3.31. The molecule has 11 heteroatoms. The van der Waals surface area contributed by atoms with Gasteiger partial charge in [0.15, 0.2) is 0 Å². The van der Waals surface area contributed by atoms with Crippen molar-refractivity contribution in [1.29, 1.82) is 0 Å². The molecule has 1 fully saturated rings. The van der Waals surface area contributed by atoms with Gasteiger partial charge in [-0.25, -0.2) is 22.8 Å². The number of thiazole rings is 1. The number of carbonyl (C=O) groups is 1. The van der Waals surface area contributed by atoms with Gasteiger partial charge in [-0.15, -0.1) is 11.3 Å². The molecule has 2 aromatic carbocycles. The number of rotatable bonds is 7. The number of aromatic nitrogens is 3. The Bertz CT molecular complexity index is 1410. The summed E-state index contributed by atoms with van der Waals surface area (Å²) in [4.78, 5) is 17.3. The van der Waals surface area contributed by atoms with Crippen LogP contribution in [0.25, 0.3) is 16.0 Å². The lowest BCUT2D eigenvalue weighted by atomic mass is 10.1. The number of sulfonamides is 1. The zero-order valence-corrected chi connectivity index (χ0v) is 19.0. The second kappa shape index (κ2) is 8.28. The van der Waals surface area contributed by atoms with Gasteiger partial charge in [0, 0.05) is 23.5 Å². The third-order valence-electron chi connectivity index (χ3n) is 5.18. The van der Waals surface area contributed by atoms with Crippen LogP contribution in [0.1, 0.15) is 28.8 Å². The summed E-state index contributed by atoms with van der Waals surface area (Å²) in [5, 5.41) is 10.6. The summed E-state index contributed by atoms with van der Waals surface area (Å²) in [5.74, 6) is -0.392. The van der Waals surface area contributed by atoms with Crippen molar-refractivity contribution in [1.82, 2.24) is 19.5 Å². The van der Waals surface area contributed by atoms with Gasteiger partial charge in [-0.3, -0.25) is 4.79 Å². The maximum absolute atomic E-state index is 13.0. The molecule has 1 saturated carbocycles. The highest BCUT2D eigenvalue weighted by atomic mass is 35.5. The third-order valence-corrected chi connectivity index (χ3v) is 8.15. The fraction of sp³-hybridized carbons (Fsp3) is 0.190. The second-order valence-corrected chi connectivity index (χ2v) is 10.8. The Hall–Kier alpha value is -2.79. The number of halogens is 1. The predicted molar refractivity (Wildman–Crippen MR) is 125 cm³/mol. The number of amides is 1. The molecule has 0 saturated heterocycles. The average molecular weight is 488 g/mol. The third kappa shape index (κ3) is 4.14. The number of carbonyl (C=O) groups excluding carboxylic acids is 1. The van der Waals surface area contributed by atoms with E-state index in [9.17, 15) is 13.2 Å². The summed E-state index contributed by atoms with van der Waals surface area (Å²) in [6.07, 6.45) is 4.76. The molecule has 164 valence electrons. The number of fused-ring (bicyclic) bond motifs is 1. The zero-order valence-electron chi connectivity index (χ0n) is 16.7. The standard InChI is InChI=1S/C21H18ClN5O3S2/c22-17-7-4-13(11-25-32(29,30)14-5-6-14)10-15(17)20(28)26-18-2-1-3-19-16(18)12-24-27(19)21-23-8-9-31-21/h1-4,7-10,12,14,25H,5-6,11H2,(H,26,28).